The smallest absolute Gasteiger partial charge is 0.0673 e. The predicted molar refractivity (Wildman–Crippen MR) is 75.9 cm³/mol. The van der Waals surface area contributed by atoms with Crippen LogP contribution in [0.1, 0.15) is 67.7 Å². The second-order valence-corrected chi connectivity index (χ2v) is 6.93. The Balaban J connectivity index is 4.03. The van der Waals surface area contributed by atoms with Crippen LogP contribution >= 0.6 is 0 Å². The molecule has 1 N–H and O–H groups in total. The lowest BCUT2D eigenvalue weighted by atomic mass is 9.98. The van der Waals surface area contributed by atoms with E-state index in [9.17, 15) is 5.11 Å². The minimum atomic E-state index is -0.656. The van der Waals surface area contributed by atoms with E-state index in [-0.39, 0.29) is 11.2 Å². The molecule has 0 bridgehead atoms. The molecule has 0 fully saturated rings. The first-order chi connectivity index (χ1) is 7.97. The fourth-order valence-corrected chi connectivity index (χ4v) is 1.47. The normalized spacial score (nSPS) is 16.7. The zero-order valence-corrected chi connectivity index (χ0v) is 13.3. The number of aliphatic hydroxyl groups is 1. The van der Waals surface area contributed by atoms with Crippen LogP contribution in [0, 0.1) is 0 Å². The largest absolute Gasteiger partial charge is 0.390 e. The molecule has 0 aliphatic rings. The van der Waals surface area contributed by atoms with Crippen LogP contribution in [-0.4, -0.2) is 35.1 Å². The summed E-state index contributed by atoms with van der Waals surface area (Å²) in [6.07, 6.45) is 2.49. The first kappa shape index (κ1) is 17.9. The highest BCUT2D eigenvalue weighted by Gasteiger charge is 2.25. The summed E-state index contributed by atoms with van der Waals surface area (Å²) >= 11 is 0. The van der Waals surface area contributed by atoms with Crippen molar-refractivity contribution in [3.05, 3.63) is 0 Å². The van der Waals surface area contributed by atoms with E-state index in [0.29, 0.717) is 19.6 Å². The fraction of sp³-hybridized carbons (Fsp3) is 1.00. The van der Waals surface area contributed by atoms with Crippen LogP contribution in [-0.2, 0) is 9.47 Å². The molecule has 0 amide bonds. The Labute approximate surface area is 113 Å². The van der Waals surface area contributed by atoms with E-state index in [1.807, 2.05) is 13.8 Å². The number of hydrogen-bond acceptors (Lipinski definition) is 3. The van der Waals surface area contributed by atoms with Gasteiger partial charge in [0.25, 0.3) is 0 Å². The van der Waals surface area contributed by atoms with E-state index in [1.54, 1.807) is 0 Å². The molecule has 0 heterocycles. The van der Waals surface area contributed by atoms with Crippen molar-refractivity contribution in [1.29, 1.82) is 0 Å². The molecule has 3 heteroatoms. The zero-order valence-electron chi connectivity index (χ0n) is 13.3. The van der Waals surface area contributed by atoms with Crippen LogP contribution in [0.5, 0.6) is 0 Å². The maximum absolute atomic E-state index is 9.67. The number of hydrogen-bond donors (Lipinski definition) is 1. The topological polar surface area (TPSA) is 38.7 Å². The molecule has 0 radical (unpaired) electrons. The summed E-state index contributed by atoms with van der Waals surface area (Å²) in [5.41, 5.74) is -0.908. The van der Waals surface area contributed by atoms with Crippen molar-refractivity contribution in [1.82, 2.24) is 0 Å². The first-order valence-corrected chi connectivity index (χ1v) is 6.98. The summed E-state index contributed by atoms with van der Waals surface area (Å²) in [6.45, 7) is 15.3. The Kier molecular flexibility index (Phi) is 6.83. The monoisotopic (exact) mass is 260 g/mol. The highest BCUT2D eigenvalue weighted by atomic mass is 16.5. The summed E-state index contributed by atoms with van der Waals surface area (Å²) < 4.78 is 11.7. The van der Waals surface area contributed by atoms with E-state index in [4.69, 9.17) is 9.47 Å². The fourth-order valence-electron chi connectivity index (χ4n) is 1.47. The minimum Gasteiger partial charge on any atom is -0.390 e. The van der Waals surface area contributed by atoms with Crippen LogP contribution in [0.15, 0.2) is 0 Å². The van der Waals surface area contributed by atoms with Crippen LogP contribution < -0.4 is 0 Å². The van der Waals surface area contributed by atoms with Gasteiger partial charge in [-0.3, -0.25) is 0 Å². The number of rotatable bonds is 8. The van der Waals surface area contributed by atoms with Crippen LogP contribution in [0.2, 0.25) is 0 Å². The van der Waals surface area contributed by atoms with E-state index < -0.39 is 5.60 Å². The summed E-state index contributed by atoms with van der Waals surface area (Å²) in [6, 6.07) is 0. The lowest BCUT2D eigenvalue weighted by molar-refractivity contribution is -0.0883. The molecule has 0 aromatic heterocycles. The molecule has 1 atom stereocenters. The van der Waals surface area contributed by atoms with Crippen LogP contribution in [0.4, 0.5) is 0 Å². The van der Waals surface area contributed by atoms with Gasteiger partial charge in [-0.25, -0.2) is 0 Å². The minimum absolute atomic E-state index is 0.0955. The number of ether oxygens (including phenoxy) is 2. The van der Waals surface area contributed by atoms with Gasteiger partial charge < -0.3 is 14.6 Å². The molecule has 0 rings (SSSR count). The Morgan fingerprint density at radius 3 is 1.72 bits per heavy atom. The molecule has 1 unspecified atom stereocenters. The van der Waals surface area contributed by atoms with Gasteiger partial charge in [0.05, 0.1) is 30.0 Å². The molecular formula is C15H32O3. The average Bonchev–Trinajstić information content (AvgIpc) is 2.13. The van der Waals surface area contributed by atoms with E-state index in [2.05, 4.69) is 34.6 Å². The lowest BCUT2D eigenvalue weighted by Gasteiger charge is -2.31. The highest BCUT2D eigenvalue weighted by molar-refractivity contribution is 4.75. The Morgan fingerprint density at radius 1 is 0.833 bits per heavy atom. The summed E-state index contributed by atoms with van der Waals surface area (Å²) in [4.78, 5) is 0. The van der Waals surface area contributed by atoms with Gasteiger partial charge in [-0.05, 0) is 60.8 Å². The molecule has 0 aromatic carbocycles. The van der Waals surface area contributed by atoms with Crippen molar-refractivity contribution in [2.45, 2.75) is 84.5 Å². The van der Waals surface area contributed by atoms with Crippen molar-refractivity contribution in [3.63, 3.8) is 0 Å². The van der Waals surface area contributed by atoms with Gasteiger partial charge in [0.15, 0.2) is 0 Å². The third kappa shape index (κ3) is 9.86. The van der Waals surface area contributed by atoms with Crippen molar-refractivity contribution in [2.75, 3.05) is 13.2 Å². The van der Waals surface area contributed by atoms with Crippen molar-refractivity contribution in [2.24, 2.45) is 0 Å². The molecule has 18 heavy (non-hydrogen) atoms. The van der Waals surface area contributed by atoms with Gasteiger partial charge in [0.2, 0.25) is 0 Å². The van der Waals surface area contributed by atoms with Crippen molar-refractivity contribution < 1.29 is 14.6 Å². The predicted octanol–water partition coefficient (Wildman–Crippen LogP) is 3.54. The van der Waals surface area contributed by atoms with Crippen LogP contribution in [0.25, 0.3) is 0 Å². The average molecular weight is 260 g/mol. The first-order valence-electron chi connectivity index (χ1n) is 6.98. The summed E-state index contributed by atoms with van der Waals surface area (Å²) in [5, 5.41) is 9.67. The maximum Gasteiger partial charge on any atom is 0.0673 e. The molecule has 0 aromatic rings. The van der Waals surface area contributed by atoms with Gasteiger partial charge in [-0.15, -0.1) is 0 Å². The second kappa shape index (κ2) is 6.88. The molecule has 0 saturated heterocycles. The molecule has 3 nitrogen and oxygen atoms in total. The quantitative estimate of drug-likeness (QED) is 0.725. The molecule has 0 spiro atoms. The molecule has 0 saturated carbocycles. The third-order valence-electron chi connectivity index (χ3n) is 3.08. The summed E-state index contributed by atoms with van der Waals surface area (Å²) in [5.74, 6) is 0. The third-order valence-corrected chi connectivity index (χ3v) is 3.08. The van der Waals surface area contributed by atoms with Gasteiger partial charge in [0, 0.05) is 0 Å². The van der Waals surface area contributed by atoms with E-state index in [0.717, 1.165) is 12.8 Å². The SMILES string of the molecule is CCC(C)(CCOC(C)(C)C)OCCC(C)(C)O. The maximum atomic E-state index is 9.67. The van der Waals surface area contributed by atoms with Gasteiger partial charge in [-0.1, -0.05) is 6.92 Å². The van der Waals surface area contributed by atoms with Gasteiger partial charge in [-0.2, -0.15) is 0 Å². The Hall–Kier alpha value is -0.120. The molecule has 0 aliphatic carbocycles. The lowest BCUT2D eigenvalue weighted by Crippen LogP contribution is -2.33. The second-order valence-electron chi connectivity index (χ2n) is 6.93. The van der Waals surface area contributed by atoms with E-state index in [1.165, 1.54) is 0 Å². The van der Waals surface area contributed by atoms with Crippen LogP contribution in [0.3, 0.4) is 0 Å². The highest BCUT2D eigenvalue weighted by Crippen LogP contribution is 2.22. The Morgan fingerprint density at radius 2 is 1.33 bits per heavy atom. The molecule has 0 aliphatic heterocycles. The van der Waals surface area contributed by atoms with Crippen molar-refractivity contribution >= 4 is 0 Å². The molecular weight excluding hydrogens is 228 g/mol. The zero-order chi connectivity index (χ0) is 14.4. The van der Waals surface area contributed by atoms with Gasteiger partial charge >= 0.3 is 0 Å². The standard InChI is InChI=1S/C15H32O3/c1-8-15(7,10-12-17-13(2,3)4)18-11-9-14(5,6)16/h16H,8-12H2,1-7H3. The van der Waals surface area contributed by atoms with Gasteiger partial charge in [0.1, 0.15) is 0 Å². The summed E-state index contributed by atoms with van der Waals surface area (Å²) in [7, 11) is 0. The Bertz CT molecular complexity index is 203. The molecule has 110 valence electrons. The van der Waals surface area contributed by atoms with Crippen molar-refractivity contribution in [3.8, 4) is 0 Å². The van der Waals surface area contributed by atoms with E-state index >= 15 is 0 Å².